The lowest BCUT2D eigenvalue weighted by Crippen LogP contribution is -2.10. The molecule has 82 valence electrons. The van der Waals surface area contributed by atoms with Gasteiger partial charge in [-0.05, 0) is 30.4 Å². The Hall–Kier alpha value is -1.62. The van der Waals surface area contributed by atoms with Crippen molar-refractivity contribution in [3.05, 3.63) is 35.4 Å². The predicted octanol–water partition coefficient (Wildman–Crippen LogP) is 3.30. The van der Waals surface area contributed by atoms with Crippen molar-refractivity contribution in [3.8, 4) is 6.07 Å². The summed E-state index contributed by atoms with van der Waals surface area (Å²) in [7, 11) is 0. The van der Waals surface area contributed by atoms with Gasteiger partial charge in [-0.3, -0.25) is 4.79 Å². The smallest absolute Gasteiger partial charge is 0.166 e. The number of Topliss-reactive ketones (excluding diaryl/α,β-unsaturated/α-hetero) is 1. The molecule has 0 amide bonds. The number of nitrogens with zero attached hydrogens (tertiary/aromatic N) is 1. The minimum Gasteiger partial charge on any atom is -0.294 e. The summed E-state index contributed by atoms with van der Waals surface area (Å²) < 4.78 is 0. The van der Waals surface area contributed by atoms with E-state index in [9.17, 15) is 4.79 Å². The molecule has 1 atom stereocenters. The summed E-state index contributed by atoms with van der Waals surface area (Å²) >= 11 is 0. The third-order valence-electron chi connectivity index (χ3n) is 3.06. The van der Waals surface area contributed by atoms with Crippen molar-refractivity contribution in [1.29, 1.82) is 5.26 Å². The van der Waals surface area contributed by atoms with Gasteiger partial charge in [0.15, 0.2) is 5.78 Å². The number of ketones is 1. The Balaban J connectivity index is 2.16. The van der Waals surface area contributed by atoms with Crippen LogP contribution in [0.2, 0.25) is 0 Å². The lowest BCUT2D eigenvalue weighted by molar-refractivity contribution is 0.0932. The van der Waals surface area contributed by atoms with Crippen LogP contribution in [0.3, 0.4) is 0 Å². The zero-order valence-corrected chi connectivity index (χ0v) is 9.44. The van der Waals surface area contributed by atoms with Gasteiger partial charge in [0, 0.05) is 17.9 Å². The highest BCUT2D eigenvalue weighted by Gasteiger charge is 2.24. The zero-order valence-electron chi connectivity index (χ0n) is 9.44. The van der Waals surface area contributed by atoms with Crippen LogP contribution in [0, 0.1) is 17.2 Å². The lowest BCUT2D eigenvalue weighted by atomic mass is 9.95. The summed E-state index contributed by atoms with van der Waals surface area (Å²) in [6.07, 6.45) is 2.78. The van der Waals surface area contributed by atoms with Crippen LogP contribution in [0.25, 0.3) is 0 Å². The van der Waals surface area contributed by atoms with Crippen LogP contribution >= 0.6 is 0 Å². The molecule has 1 aliphatic carbocycles. The van der Waals surface area contributed by atoms with E-state index in [1.54, 1.807) is 0 Å². The van der Waals surface area contributed by atoms with Gasteiger partial charge in [-0.15, -0.1) is 0 Å². The fourth-order valence-corrected chi connectivity index (χ4v) is 1.88. The molecule has 0 radical (unpaired) electrons. The van der Waals surface area contributed by atoms with E-state index in [0.717, 1.165) is 5.56 Å². The molecule has 0 aliphatic heterocycles. The van der Waals surface area contributed by atoms with Crippen molar-refractivity contribution >= 4 is 5.78 Å². The highest BCUT2D eigenvalue weighted by molar-refractivity contribution is 5.97. The molecule has 2 nitrogen and oxygen atoms in total. The molecule has 0 N–H and O–H groups in total. The van der Waals surface area contributed by atoms with E-state index in [4.69, 9.17) is 5.26 Å². The van der Waals surface area contributed by atoms with E-state index in [0.29, 0.717) is 12.3 Å². The Labute approximate surface area is 95.9 Å². The molecular weight excluding hydrogens is 198 g/mol. The summed E-state index contributed by atoms with van der Waals surface area (Å²) in [6, 6.07) is 9.92. The molecule has 2 heteroatoms. The second-order valence-corrected chi connectivity index (χ2v) is 4.53. The third-order valence-corrected chi connectivity index (χ3v) is 3.06. The van der Waals surface area contributed by atoms with Gasteiger partial charge in [0.1, 0.15) is 0 Å². The highest BCUT2D eigenvalue weighted by atomic mass is 16.1. The van der Waals surface area contributed by atoms with Gasteiger partial charge in [-0.1, -0.05) is 25.1 Å². The Morgan fingerprint density at radius 3 is 2.94 bits per heavy atom. The molecule has 0 bridgehead atoms. The molecule has 0 spiro atoms. The van der Waals surface area contributed by atoms with Gasteiger partial charge in [-0.2, -0.15) is 5.26 Å². The predicted molar refractivity (Wildman–Crippen MR) is 62.1 cm³/mol. The first kappa shape index (κ1) is 10.9. The van der Waals surface area contributed by atoms with Crippen LogP contribution in [0.4, 0.5) is 0 Å². The number of benzene rings is 1. The zero-order chi connectivity index (χ0) is 11.5. The number of carbonyl (C=O) groups is 1. The number of hydrogen-bond donors (Lipinski definition) is 0. The van der Waals surface area contributed by atoms with E-state index in [1.807, 2.05) is 31.2 Å². The second kappa shape index (κ2) is 4.49. The van der Waals surface area contributed by atoms with Crippen LogP contribution in [0.15, 0.2) is 24.3 Å². The molecule has 1 fully saturated rings. The molecular formula is C14H15NO. The quantitative estimate of drug-likeness (QED) is 0.720. The first-order valence-electron chi connectivity index (χ1n) is 5.73. The number of nitriles is 1. The van der Waals surface area contributed by atoms with Crippen LogP contribution < -0.4 is 0 Å². The molecule has 0 saturated heterocycles. The summed E-state index contributed by atoms with van der Waals surface area (Å²) in [6.45, 7) is 1.81. The number of hydrogen-bond acceptors (Lipinski definition) is 2. The van der Waals surface area contributed by atoms with E-state index in [-0.39, 0.29) is 11.7 Å². The Morgan fingerprint density at radius 2 is 2.31 bits per heavy atom. The second-order valence-electron chi connectivity index (χ2n) is 4.53. The van der Waals surface area contributed by atoms with Gasteiger partial charge < -0.3 is 0 Å². The van der Waals surface area contributed by atoms with E-state index in [2.05, 4.69) is 6.07 Å². The van der Waals surface area contributed by atoms with Gasteiger partial charge in [0.25, 0.3) is 0 Å². The first-order chi connectivity index (χ1) is 7.72. The van der Waals surface area contributed by atoms with Crippen molar-refractivity contribution < 1.29 is 4.79 Å². The maximum Gasteiger partial charge on any atom is 0.166 e. The summed E-state index contributed by atoms with van der Waals surface area (Å²) in [5.74, 6) is 0.558. The molecule has 16 heavy (non-hydrogen) atoms. The summed E-state index contributed by atoms with van der Waals surface area (Å²) in [5, 5.41) is 8.58. The van der Waals surface area contributed by atoms with Crippen molar-refractivity contribution in [2.75, 3.05) is 0 Å². The van der Waals surface area contributed by atoms with Crippen molar-refractivity contribution in [3.63, 3.8) is 0 Å². The molecule has 1 saturated carbocycles. The van der Waals surface area contributed by atoms with Crippen molar-refractivity contribution in [1.82, 2.24) is 0 Å². The fourth-order valence-electron chi connectivity index (χ4n) is 1.88. The van der Waals surface area contributed by atoms with Gasteiger partial charge >= 0.3 is 0 Å². The number of carbonyl (C=O) groups excluding carboxylic acids is 1. The average Bonchev–Trinajstić information content (AvgIpc) is 3.12. The van der Waals surface area contributed by atoms with E-state index in [1.165, 1.54) is 18.4 Å². The SMILES string of the molecule is CC(CC#N)C(=O)c1cccc(C2CC2)c1. The van der Waals surface area contributed by atoms with Gasteiger partial charge in [0.05, 0.1) is 6.07 Å². The Bertz CT molecular complexity index is 440. The molecule has 1 aromatic rings. The first-order valence-corrected chi connectivity index (χ1v) is 5.73. The van der Waals surface area contributed by atoms with E-state index < -0.39 is 0 Å². The molecule has 0 heterocycles. The van der Waals surface area contributed by atoms with Crippen LogP contribution in [-0.4, -0.2) is 5.78 Å². The molecule has 2 rings (SSSR count). The summed E-state index contributed by atoms with van der Waals surface area (Å²) in [4.78, 5) is 12.0. The third kappa shape index (κ3) is 2.30. The van der Waals surface area contributed by atoms with Crippen molar-refractivity contribution in [2.24, 2.45) is 5.92 Å². The largest absolute Gasteiger partial charge is 0.294 e. The monoisotopic (exact) mass is 213 g/mol. The summed E-state index contributed by atoms with van der Waals surface area (Å²) in [5.41, 5.74) is 2.03. The molecule has 1 aromatic carbocycles. The van der Waals surface area contributed by atoms with Crippen LogP contribution in [0.5, 0.6) is 0 Å². The maximum atomic E-state index is 12.0. The number of rotatable bonds is 4. The van der Waals surface area contributed by atoms with Crippen molar-refractivity contribution in [2.45, 2.75) is 32.1 Å². The fraction of sp³-hybridized carbons (Fsp3) is 0.429. The standard InChI is InChI=1S/C14H15NO/c1-10(7-8-15)14(16)13-4-2-3-12(9-13)11-5-6-11/h2-4,9-11H,5-7H2,1H3. The maximum absolute atomic E-state index is 12.0. The average molecular weight is 213 g/mol. The normalized spacial score (nSPS) is 16.5. The highest BCUT2D eigenvalue weighted by Crippen LogP contribution is 2.40. The lowest BCUT2D eigenvalue weighted by Gasteiger charge is -2.07. The van der Waals surface area contributed by atoms with E-state index >= 15 is 0 Å². The van der Waals surface area contributed by atoms with Crippen LogP contribution in [0.1, 0.15) is 48.0 Å². The molecule has 1 aliphatic rings. The Kier molecular flexibility index (Phi) is 3.05. The molecule has 0 aromatic heterocycles. The van der Waals surface area contributed by atoms with Gasteiger partial charge in [0.2, 0.25) is 0 Å². The van der Waals surface area contributed by atoms with Gasteiger partial charge in [-0.25, -0.2) is 0 Å². The molecule has 1 unspecified atom stereocenters. The Morgan fingerprint density at radius 1 is 1.56 bits per heavy atom. The minimum atomic E-state index is -0.195. The minimum absolute atomic E-state index is 0.0871. The van der Waals surface area contributed by atoms with Crippen LogP contribution in [-0.2, 0) is 0 Å². The topological polar surface area (TPSA) is 40.9 Å².